The molecule has 32 heavy (non-hydrogen) atoms. The summed E-state index contributed by atoms with van der Waals surface area (Å²) in [5, 5.41) is 12.9. The van der Waals surface area contributed by atoms with E-state index in [0.717, 1.165) is 16.3 Å². The molecule has 4 aromatic rings. The highest BCUT2D eigenvalue weighted by atomic mass is 79.9. The molecule has 0 radical (unpaired) electrons. The predicted molar refractivity (Wildman–Crippen MR) is 118 cm³/mol. The molecule has 10 heteroatoms. The van der Waals surface area contributed by atoms with Crippen LogP contribution in [-0.2, 0) is 24.1 Å². The van der Waals surface area contributed by atoms with Crippen molar-refractivity contribution in [3.8, 4) is 0 Å². The molecule has 0 aliphatic heterocycles. The molecule has 0 saturated carbocycles. The minimum Gasteiger partial charge on any atom is -0.309 e. The third kappa shape index (κ3) is 4.69. The standard InChI is InChI=1S/C22H19BrF3N5O/c1-14-20(23)21(22(24,25)26)29-31(14)12-10-19(32)27-18-9-11-30(28-18)13-16-7-4-6-15-5-2-3-8-17(15)16/h2-9,11H,10,12-13H2,1H3,(H,27,28,32). The molecule has 0 spiro atoms. The number of carbonyl (C=O) groups excluding carboxylic acids is 1. The van der Waals surface area contributed by atoms with Crippen molar-refractivity contribution in [1.82, 2.24) is 19.6 Å². The second kappa shape index (κ2) is 8.78. The van der Waals surface area contributed by atoms with Crippen LogP contribution >= 0.6 is 15.9 Å². The number of aryl methyl sites for hydroxylation is 1. The van der Waals surface area contributed by atoms with Gasteiger partial charge < -0.3 is 5.32 Å². The van der Waals surface area contributed by atoms with E-state index in [1.54, 1.807) is 16.9 Å². The van der Waals surface area contributed by atoms with Crippen molar-refractivity contribution in [2.45, 2.75) is 32.6 Å². The third-order valence-electron chi connectivity index (χ3n) is 5.07. The summed E-state index contributed by atoms with van der Waals surface area (Å²) in [6.07, 6.45) is -2.84. The molecule has 0 bridgehead atoms. The number of nitrogens with zero attached hydrogens (tertiary/aromatic N) is 4. The van der Waals surface area contributed by atoms with Gasteiger partial charge in [-0.15, -0.1) is 0 Å². The van der Waals surface area contributed by atoms with Crippen LogP contribution in [0.5, 0.6) is 0 Å². The topological polar surface area (TPSA) is 64.7 Å². The minimum atomic E-state index is -4.56. The van der Waals surface area contributed by atoms with E-state index < -0.39 is 11.9 Å². The first-order chi connectivity index (χ1) is 15.2. The van der Waals surface area contributed by atoms with E-state index in [1.807, 2.05) is 36.4 Å². The van der Waals surface area contributed by atoms with Gasteiger partial charge in [-0.1, -0.05) is 42.5 Å². The van der Waals surface area contributed by atoms with E-state index in [4.69, 9.17) is 0 Å². The molecule has 0 unspecified atom stereocenters. The second-order valence-electron chi connectivity index (χ2n) is 7.30. The van der Waals surface area contributed by atoms with Gasteiger partial charge in [0, 0.05) is 18.7 Å². The number of hydrogen-bond acceptors (Lipinski definition) is 3. The van der Waals surface area contributed by atoms with E-state index in [2.05, 4.69) is 37.5 Å². The Morgan fingerprint density at radius 2 is 1.84 bits per heavy atom. The number of carbonyl (C=O) groups is 1. The molecular weight excluding hydrogens is 487 g/mol. The zero-order chi connectivity index (χ0) is 22.9. The van der Waals surface area contributed by atoms with Crippen LogP contribution < -0.4 is 5.32 Å². The second-order valence-corrected chi connectivity index (χ2v) is 8.10. The van der Waals surface area contributed by atoms with Gasteiger partial charge in [-0.25, -0.2) is 0 Å². The summed E-state index contributed by atoms with van der Waals surface area (Å²) >= 11 is 2.93. The van der Waals surface area contributed by atoms with Crippen molar-refractivity contribution in [2.75, 3.05) is 5.32 Å². The molecule has 0 saturated heterocycles. The quantitative estimate of drug-likeness (QED) is 0.381. The van der Waals surface area contributed by atoms with Crippen LogP contribution in [0.4, 0.5) is 19.0 Å². The van der Waals surface area contributed by atoms with Crippen molar-refractivity contribution < 1.29 is 18.0 Å². The van der Waals surface area contributed by atoms with Gasteiger partial charge in [0.05, 0.1) is 23.3 Å². The highest BCUT2D eigenvalue weighted by molar-refractivity contribution is 9.10. The molecule has 6 nitrogen and oxygen atoms in total. The number of halogens is 4. The molecule has 2 heterocycles. The summed E-state index contributed by atoms with van der Waals surface area (Å²) in [5.41, 5.74) is 0.413. The summed E-state index contributed by atoms with van der Waals surface area (Å²) in [4.78, 5) is 12.3. The first-order valence-corrected chi connectivity index (χ1v) is 10.6. The molecule has 2 aromatic heterocycles. The summed E-state index contributed by atoms with van der Waals surface area (Å²) in [5.74, 6) is 0.0181. The number of hydrogen-bond donors (Lipinski definition) is 1. The van der Waals surface area contributed by atoms with E-state index in [0.29, 0.717) is 18.1 Å². The van der Waals surface area contributed by atoms with Crippen LogP contribution in [0, 0.1) is 6.92 Å². The van der Waals surface area contributed by atoms with Gasteiger partial charge in [0.25, 0.3) is 0 Å². The Kier molecular flexibility index (Phi) is 6.05. The zero-order valence-corrected chi connectivity index (χ0v) is 18.6. The van der Waals surface area contributed by atoms with E-state index in [-0.39, 0.29) is 23.3 Å². The van der Waals surface area contributed by atoms with Crippen molar-refractivity contribution in [2.24, 2.45) is 0 Å². The Balaban J connectivity index is 1.38. The molecule has 0 aliphatic carbocycles. The number of nitrogens with one attached hydrogen (secondary N) is 1. The van der Waals surface area contributed by atoms with Crippen LogP contribution in [-0.4, -0.2) is 25.5 Å². The lowest BCUT2D eigenvalue weighted by atomic mass is 10.0. The van der Waals surface area contributed by atoms with Gasteiger partial charge >= 0.3 is 6.18 Å². The average Bonchev–Trinajstić information content (AvgIpc) is 3.31. The van der Waals surface area contributed by atoms with Crippen molar-refractivity contribution in [3.63, 3.8) is 0 Å². The molecule has 1 amide bonds. The van der Waals surface area contributed by atoms with Crippen LogP contribution in [0.3, 0.4) is 0 Å². The maximum Gasteiger partial charge on any atom is 0.436 e. The lowest BCUT2D eigenvalue weighted by Crippen LogP contribution is -2.16. The lowest BCUT2D eigenvalue weighted by molar-refractivity contribution is -0.142. The largest absolute Gasteiger partial charge is 0.436 e. The molecule has 0 fully saturated rings. The summed E-state index contributed by atoms with van der Waals surface area (Å²) in [7, 11) is 0. The monoisotopic (exact) mass is 505 g/mol. The Morgan fingerprint density at radius 1 is 1.09 bits per heavy atom. The van der Waals surface area contributed by atoms with Crippen LogP contribution in [0.2, 0.25) is 0 Å². The SMILES string of the molecule is Cc1c(Br)c(C(F)(F)F)nn1CCC(=O)Nc1ccn(Cc2cccc3ccccc23)n1. The van der Waals surface area contributed by atoms with Gasteiger partial charge in [-0.2, -0.15) is 23.4 Å². The third-order valence-corrected chi connectivity index (χ3v) is 6.02. The van der Waals surface area contributed by atoms with E-state index in [9.17, 15) is 18.0 Å². The Hall–Kier alpha value is -3.14. The van der Waals surface area contributed by atoms with Gasteiger partial charge in [0.1, 0.15) is 0 Å². The van der Waals surface area contributed by atoms with E-state index >= 15 is 0 Å². The van der Waals surface area contributed by atoms with Gasteiger partial charge in [0.15, 0.2) is 11.5 Å². The number of aromatic nitrogens is 4. The van der Waals surface area contributed by atoms with Gasteiger partial charge in [-0.05, 0) is 39.2 Å². The number of alkyl halides is 3. The molecule has 0 atom stereocenters. The number of fused-ring (bicyclic) bond motifs is 1. The molecular formula is C22H19BrF3N5O. The van der Waals surface area contributed by atoms with Gasteiger partial charge in [0.2, 0.25) is 5.91 Å². The average molecular weight is 506 g/mol. The lowest BCUT2D eigenvalue weighted by Gasteiger charge is -2.07. The smallest absolute Gasteiger partial charge is 0.309 e. The fourth-order valence-corrected chi connectivity index (χ4v) is 3.97. The maximum atomic E-state index is 13.0. The van der Waals surface area contributed by atoms with Crippen LogP contribution in [0.15, 0.2) is 59.2 Å². The zero-order valence-electron chi connectivity index (χ0n) is 17.0. The highest BCUT2D eigenvalue weighted by Gasteiger charge is 2.37. The normalized spacial score (nSPS) is 11.8. The first-order valence-electron chi connectivity index (χ1n) is 9.82. The van der Waals surface area contributed by atoms with Crippen LogP contribution in [0.1, 0.15) is 23.4 Å². The number of amides is 1. The summed E-state index contributed by atoms with van der Waals surface area (Å²) < 4.78 is 41.7. The van der Waals surface area contributed by atoms with Gasteiger partial charge in [-0.3, -0.25) is 14.2 Å². The molecule has 4 rings (SSSR count). The molecule has 166 valence electrons. The van der Waals surface area contributed by atoms with Crippen LogP contribution in [0.25, 0.3) is 10.8 Å². The maximum absolute atomic E-state index is 13.0. The molecule has 0 aliphatic rings. The Labute approximate surface area is 190 Å². The highest BCUT2D eigenvalue weighted by Crippen LogP contribution is 2.35. The number of rotatable bonds is 6. The number of benzene rings is 2. The molecule has 2 aromatic carbocycles. The van der Waals surface area contributed by atoms with Crippen molar-refractivity contribution in [3.05, 3.63) is 76.2 Å². The Morgan fingerprint density at radius 3 is 2.59 bits per heavy atom. The van der Waals surface area contributed by atoms with Crippen molar-refractivity contribution in [1.29, 1.82) is 0 Å². The predicted octanol–water partition coefficient (Wildman–Crippen LogP) is 5.40. The summed E-state index contributed by atoms with van der Waals surface area (Å²) in [6, 6.07) is 15.8. The van der Waals surface area contributed by atoms with E-state index in [1.165, 1.54) is 11.6 Å². The number of anilines is 1. The first kappa shape index (κ1) is 22.1. The Bertz CT molecular complexity index is 1270. The fraction of sp³-hybridized carbons (Fsp3) is 0.227. The molecule has 1 N–H and O–H groups in total. The summed E-state index contributed by atoms with van der Waals surface area (Å²) in [6.45, 7) is 2.07. The fourth-order valence-electron chi connectivity index (χ4n) is 3.46. The van der Waals surface area contributed by atoms with Crippen molar-refractivity contribution >= 4 is 38.4 Å². The minimum absolute atomic E-state index is 0.0169.